The second kappa shape index (κ2) is 8.51. The monoisotopic (exact) mass is 384 g/mol. The number of hydrogen-bond donors (Lipinski definition) is 3. The summed E-state index contributed by atoms with van der Waals surface area (Å²) < 4.78 is 18.5. The zero-order chi connectivity index (χ0) is 20.1. The maximum absolute atomic E-state index is 12.8. The van der Waals surface area contributed by atoms with Crippen LogP contribution in [0.1, 0.15) is 31.2 Å². The Kier molecular flexibility index (Phi) is 5.88. The molecule has 0 bridgehead atoms. The number of fused-ring (bicyclic) bond motifs is 1. The van der Waals surface area contributed by atoms with E-state index in [9.17, 15) is 14.0 Å². The van der Waals surface area contributed by atoms with Crippen molar-refractivity contribution in [3.05, 3.63) is 59.7 Å². The standard InChI is InChI=1S/C20H21FN4O3/c1-12(2)19-25-16-9-15(7-8-17(16)28-19)24-18(26)11-23-20(27)22-10-13-3-5-14(21)6-4-13/h3-9,12H,10-11H2,1-2H3,(H,24,26)(H2,22,23,27). The highest BCUT2D eigenvalue weighted by atomic mass is 19.1. The van der Waals surface area contributed by atoms with Gasteiger partial charge in [0.25, 0.3) is 0 Å². The Labute approximate surface area is 161 Å². The highest BCUT2D eigenvalue weighted by molar-refractivity contribution is 5.95. The van der Waals surface area contributed by atoms with Gasteiger partial charge < -0.3 is 20.4 Å². The summed E-state index contributed by atoms with van der Waals surface area (Å²) in [7, 11) is 0. The molecule has 8 heteroatoms. The normalized spacial score (nSPS) is 10.9. The number of benzene rings is 2. The Morgan fingerprint density at radius 2 is 1.86 bits per heavy atom. The van der Waals surface area contributed by atoms with Gasteiger partial charge in [0.1, 0.15) is 11.3 Å². The quantitative estimate of drug-likeness (QED) is 0.606. The Balaban J connectivity index is 1.47. The zero-order valence-corrected chi connectivity index (χ0v) is 15.6. The van der Waals surface area contributed by atoms with Crippen LogP contribution in [0.25, 0.3) is 11.1 Å². The van der Waals surface area contributed by atoms with Crippen LogP contribution in [0.5, 0.6) is 0 Å². The van der Waals surface area contributed by atoms with Crippen LogP contribution in [-0.4, -0.2) is 23.5 Å². The third kappa shape index (κ3) is 5.06. The van der Waals surface area contributed by atoms with E-state index in [1.807, 2.05) is 13.8 Å². The Hall–Kier alpha value is -3.42. The first-order valence-corrected chi connectivity index (χ1v) is 8.87. The van der Waals surface area contributed by atoms with Crippen molar-refractivity contribution in [1.29, 1.82) is 0 Å². The molecule has 0 aliphatic rings. The number of halogens is 1. The van der Waals surface area contributed by atoms with E-state index in [-0.39, 0.29) is 30.7 Å². The number of hydrogen-bond acceptors (Lipinski definition) is 4. The van der Waals surface area contributed by atoms with Gasteiger partial charge in [0, 0.05) is 18.2 Å². The first kappa shape index (κ1) is 19.3. The summed E-state index contributed by atoms with van der Waals surface area (Å²) in [5.41, 5.74) is 2.63. The molecule has 0 aliphatic heterocycles. The molecule has 7 nitrogen and oxygen atoms in total. The molecule has 0 saturated heterocycles. The van der Waals surface area contributed by atoms with E-state index in [0.717, 1.165) is 5.56 Å². The third-order valence-corrected chi connectivity index (χ3v) is 3.96. The minimum Gasteiger partial charge on any atom is -0.440 e. The van der Waals surface area contributed by atoms with E-state index in [1.165, 1.54) is 12.1 Å². The fourth-order valence-electron chi connectivity index (χ4n) is 2.48. The van der Waals surface area contributed by atoms with E-state index in [0.29, 0.717) is 22.7 Å². The molecule has 0 unspecified atom stereocenters. The molecule has 1 aromatic heterocycles. The van der Waals surface area contributed by atoms with Crippen LogP contribution in [0.3, 0.4) is 0 Å². The number of aromatic nitrogens is 1. The van der Waals surface area contributed by atoms with Gasteiger partial charge in [-0.3, -0.25) is 4.79 Å². The van der Waals surface area contributed by atoms with Gasteiger partial charge in [-0.2, -0.15) is 0 Å². The van der Waals surface area contributed by atoms with Crippen molar-refractivity contribution >= 4 is 28.7 Å². The highest BCUT2D eigenvalue weighted by Crippen LogP contribution is 2.23. The molecule has 146 valence electrons. The largest absolute Gasteiger partial charge is 0.440 e. The molecule has 28 heavy (non-hydrogen) atoms. The summed E-state index contributed by atoms with van der Waals surface area (Å²) >= 11 is 0. The van der Waals surface area contributed by atoms with Crippen molar-refractivity contribution in [3.63, 3.8) is 0 Å². The van der Waals surface area contributed by atoms with Gasteiger partial charge in [-0.1, -0.05) is 26.0 Å². The Morgan fingerprint density at radius 1 is 1.11 bits per heavy atom. The third-order valence-electron chi connectivity index (χ3n) is 3.96. The topological polar surface area (TPSA) is 96.3 Å². The number of rotatable bonds is 6. The van der Waals surface area contributed by atoms with Crippen molar-refractivity contribution in [2.75, 3.05) is 11.9 Å². The summed E-state index contributed by atoms with van der Waals surface area (Å²) in [5.74, 6) is 0.0963. The summed E-state index contributed by atoms with van der Waals surface area (Å²) in [6, 6.07) is 10.5. The Bertz CT molecular complexity index is 983. The molecule has 0 atom stereocenters. The van der Waals surface area contributed by atoms with Crippen molar-refractivity contribution in [2.45, 2.75) is 26.3 Å². The summed E-state index contributed by atoms with van der Waals surface area (Å²) in [4.78, 5) is 28.2. The number of urea groups is 1. The van der Waals surface area contributed by atoms with Crippen LogP contribution in [-0.2, 0) is 11.3 Å². The van der Waals surface area contributed by atoms with Crippen LogP contribution in [0.2, 0.25) is 0 Å². The molecular weight excluding hydrogens is 363 g/mol. The van der Waals surface area contributed by atoms with E-state index >= 15 is 0 Å². The fourth-order valence-corrected chi connectivity index (χ4v) is 2.48. The molecule has 0 saturated carbocycles. The first-order chi connectivity index (χ1) is 13.4. The van der Waals surface area contributed by atoms with E-state index in [2.05, 4.69) is 20.9 Å². The number of anilines is 1. The number of oxazole rings is 1. The predicted octanol–water partition coefficient (Wildman–Crippen LogP) is 3.53. The molecule has 1 heterocycles. The second-order valence-corrected chi connectivity index (χ2v) is 6.60. The minimum atomic E-state index is -0.493. The number of carbonyl (C=O) groups is 2. The maximum Gasteiger partial charge on any atom is 0.315 e. The molecular formula is C20H21FN4O3. The maximum atomic E-state index is 12.8. The van der Waals surface area contributed by atoms with Crippen molar-refractivity contribution in [1.82, 2.24) is 15.6 Å². The lowest BCUT2D eigenvalue weighted by molar-refractivity contribution is -0.115. The SMILES string of the molecule is CC(C)c1nc2cc(NC(=O)CNC(=O)NCc3ccc(F)cc3)ccc2o1. The van der Waals surface area contributed by atoms with Crippen molar-refractivity contribution < 1.29 is 18.4 Å². The van der Waals surface area contributed by atoms with Crippen LogP contribution in [0.15, 0.2) is 46.9 Å². The second-order valence-electron chi connectivity index (χ2n) is 6.60. The van der Waals surface area contributed by atoms with Crippen molar-refractivity contribution in [2.24, 2.45) is 0 Å². The van der Waals surface area contributed by atoms with E-state index in [4.69, 9.17) is 4.42 Å². The average Bonchev–Trinajstić information content (AvgIpc) is 3.10. The Morgan fingerprint density at radius 3 is 2.57 bits per heavy atom. The lowest BCUT2D eigenvalue weighted by atomic mass is 10.2. The van der Waals surface area contributed by atoms with Crippen LogP contribution in [0.4, 0.5) is 14.9 Å². The minimum absolute atomic E-state index is 0.170. The van der Waals surface area contributed by atoms with Crippen LogP contribution in [0, 0.1) is 5.82 Å². The number of nitrogens with zero attached hydrogens (tertiary/aromatic N) is 1. The predicted molar refractivity (Wildman–Crippen MR) is 103 cm³/mol. The van der Waals surface area contributed by atoms with Gasteiger partial charge in [0.2, 0.25) is 5.91 Å². The van der Waals surface area contributed by atoms with E-state index < -0.39 is 6.03 Å². The molecule has 3 aromatic rings. The zero-order valence-electron chi connectivity index (χ0n) is 15.6. The highest BCUT2D eigenvalue weighted by Gasteiger charge is 2.11. The van der Waals surface area contributed by atoms with E-state index in [1.54, 1.807) is 30.3 Å². The van der Waals surface area contributed by atoms with Gasteiger partial charge in [-0.25, -0.2) is 14.2 Å². The number of carbonyl (C=O) groups excluding carboxylic acids is 2. The fraction of sp³-hybridized carbons (Fsp3) is 0.250. The van der Waals surface area contributed by atoms with Gasteiger partial charge >= 0.3 is 6.03 Å². The molecule has 3 rings (SSSR count). The molecule has 0 aliphatic carbocycles. The summed E-state index contributed by atoms with van der Waals surface area (Å²) in [6.45, 7) is 4.01. The van der Waals surface area contributed by atoms with Gasteiger partial charge in [0.05, 0.1) is 6.54 Å². The summed E-state index contributed by atoms with van der Waals surface area (Å²) in [6.07, 6.45) is 0. The molecule has 0 fully saturated rings. The molecule has 3 amide bonds. The smallest absolute Gasteiger partial charge is 0.315 e. The van der Waals surface area contributed by atoms with Crippen LogP contribution >= 0.6 is 0 Å². The lowest BCUT2D eigenvalue weighted by Crippen LogP contribution is -2.39. The van der Waals surface area contributed by atoms with Gasteiger partial charge in [0.15, 0.2) is 11.5 Å². The van der Waals surface area contributed by atoms with Crippen molar-refractivity contribution in [3.8, 4) is 0 Å². The molecule has 2 aromatic carbocycles. The number of nitrogens with one attached hydrogen (secondary N) is 3. The van der Waals surface area contributed by atoms with Crippen LogP contribution < -0.4 is 16.0 Å². The van der Waals surface area contributed by atoms with Gasteiger partial charge in [-0.05, 0) is 35.9 Å². The summed E-state index contributed by atoms with van der Waals surface area (Å²) in [5, 5.41) is 7.77. The molecule has 3 N–H and O–H groups in total. The first-order valence-electron chi connectivity index (χ1n) is 8.87. The lowest BCUT2D eigenvalue weighted by Gasteiger charge is -2.08. The molecule has 0 radical (unpaired) electrons. The number of amides is 3. The molecule has 0 spiro atoms. The average molecular weight is 384 g/mol. The van der Waals surface area contributed by atoms with Gasteiger partial charge in [-0.15, -0.1) is 0 Å².